The number of aliphatic carboxylic acids is 2. The van der Waals surface area contributed by atoms with Crippen LogP contribution >= 0.6 is 50.7 Å². The van der Waals surface area contributed by atoms with E-state index in [1.165, 1.54) is 39.7 Å². The largest absolute Gasteiger partial charge is 0.496 e. The second-order valence-electron chi connectivity index (χ2n) is 19.6. The second kappa shape index (κ2) is 39.0. The number of carboxylic acids is 2. The third kappa shape index (κ3) is 22.0. The number of hydrogen-bond donors (Lipinski definition) is 5. The number of alkyl halides is 1. The molecular formula is C67H65B2BrCl3F5N5O9U-. The molecule has 2 atom stereocenters. The molecule has 2 fully saturated rings. The van der Waals surface area contributed by atoms with Crippen molar-refractivity contribution in [2.75, 3.05) is 39.3 Å². The van der Waals surface area contributed by atoms with Crippen LogP contribution in [0, 0.1) is 67.9 Å². The average Bonchev–Trinajstić information content (AvgIpc) is 0.832. The fourth-order valence-electron chi connectivity index (χ4n) is 9.03. The predicted molar refractivity (Wildman–Crippen MR) is 359 cm³/mol. The van der Waals surface area contributed by atoms with Gasteiger partial charge in [0.2, 0.25) is 11.9 Å². The van der Waals surface area contributed by atoms with Crippen molar-refractivity contribution in [1.29, 1.82) is 1.34 Å². The Bertz CT molecular complexity index is 3890. The summed E-state index contributed by atoms with van der Waals surface area (Å²) in [7, 11) is 6.70. The standard InChI is InChI=1S/C23H20ClFN2O3.C19H14ClF2NO.C14H11BrClFO.C5H5BFNO2.C4H7NO2.CH4.CH3.BH.U/c1-30-19-7-6-16(22(25)21(19)15-3-2-4-17(24)12-15)11-14-5-8-20(26-13-14)27-10-9-18(27)23(28)29;1-24-16-7-6-14(9-12-5-8-17(21)23-11-12)19(22)18(16)13-3-2-4-15(20)10-13;1-18-12-6-5-10(8-15)14(17)13(12)9-3-2-4-11(16)7-9;7-5-2-1-4(3-8-5)6(9)10;6-4(7)3-1-2-5-3;;;;/h2-8,12-13,18H,9-11H2,1H3,(H,28,29);2-8,10-11H,9H2,1H3;2-7H,8H2,1H3;1-3,9-10H;3,5H,1-2H2,(H,6,7);1H4;1H3;1H;/q;;;;;;-1;;/i;;;;;;;1D;. The van der Waals surface area contributed by atoms with Gasteiger partial charge >= 0.3 is 19.1 Å². The van der Waals surface area contributed by atoms with Gasteiger partial charge in [0, 0.05) is 103 Å². The SMILES string of the molecule is C.COc1ccc(CBr)c(F)c1-c1cccc(Cl)c1.COc1ccc(Cc2ccc(F)nc2)c(F)c1-c1cccc(Cl)c1.COc1ccc(Cc2ccc(N3CCC3C(=O)O)nc2)c(F)c1-c1cccc(Cl)c1.O=C(O)C1CCN1.OB(O)c1ccc(F)nc1.[2H][B].[CH3-].[U]. The summed E-state index contributed by atoms with van der Waals surface area (Å²) in [6.07, 6.45) is 6.18. The van der Waals surface area contributed by atoms with E-state index in [9.17, 15) is 27.9 Å². The van der Waals surface area contributed by atoms with Crippen molar-refractivity contribution in [3.05, 3.63) is 244 Å². The quantitative estimate of drug-likeness (QED) is 0.0214. The first-order valence-electron chi connectivity index (χ1n) is 27.7. The van der Waals surface area contributed by atoms with Crippen molar-refractivity contribution < 1.29 is 97.1 Å². The second-order valence-corrected chi connectivity index (χ2v) is 21.5. The van der Waals surface area contributed by atoms with E-state index in [2.05, 4.69) is 44.6 Å². The van der Waals surface area contributed by atoms with Crippen molar-refractivity contribution in [2.24, 2.45) is 0 Å². The molecule has 2 saturated heterocycles. The first-order valence-corrected chi connectivity index (χ1v) is 29.4. The summed E-state index contributed by atoms with van der Waals surface area (Å²) in [5, 5.41) is 39.2. The molecule has 2 aliphatic rings. The number of carbonyl (C=O) groups is 2. The zero-order chi connectivity index (χ0) is 66.3. The van der Waals surface area contributed by atoms with E-state index in [0.29, 0.717) is 119 Å². The summed E-state index contributed by atoms with van der Waals surface area (Å²) in [6, 6.07) is 39.3. The number of nitrogens with one attached hydrogen (secondary N) is 1. The summed E-state index contributed by atoms with van der Waals surface area (Å²) in [5.74, 6) is -1.83. The van der Waals surface area contributed by atoms with Crippen molar-refractivity contribution in [1.82, 2.24) is 20.3 Å². The number of nitrogens with zero attached hydrogens (tertiary/aromatic N) is 4. The average molecular weight is 1630 g/mol. The maximum atomic E-state index is 15.4. The fourth-order valence-corrected chi connectivity index (χ4v) is 10.0. The first-order chi connectivity index (χ1) is 43.7. The summed E-state index contributed by atoms with van der Waals surface area (Å²) in [5.41, 5.74) is 6.44. The van der Waals surface area contributed by atoms with Gasteiger partial charge in [-0.1, -0.05) is 131 Å². The number of anilines is 1. The van der Waals surface area contributed by atoms with Crippen molar-refractivity contribution in [3.8, 4) is 50.6 Å². The summed E-state index contributed by atoms with van der Waals surface area (Å²) >= 11 is 21.3. The van der Waals surface area contributed by atoms with E-state index < -0.39 is 37.0 Å². The number of pyridine rings is 3. The normalized spacial score (nSPS) is 13.1. The molecule has 486 valence electrons. The monoisotopic (exact) mass is 1620 g/mol. The Hall–Kier alpha value is -7.03. The number of benzene rings is 6. The van der Waals surface area contributed by atoms with Gasteiger partial charge in [0.05, 0.1) is 38.0 Å². The Kier molecular flexibility index (Phi) is 32.9. The molecule has 93 heavy (non-hydrogen) atoms. The van der Waals surface area contributed by atoms with Crippen LogP contribution in [0.2, 0.25) is 15.1 Å². The van der Waals surface area contributed by atoms with Gasteiger partial charge < -0.3 is 52.1 Å². The van der Waals surface area contributed by atoms with Gasteiger partial charge in [0.15, 0.2) is 0 Å². The number of rotatable bonds is 15. The van der Waals surface area contributed by atoms with E-state index in [1.54, 1.807) is 126 Å². The van der Waals surface area contributed by atoms with Crippen LogP contribution in [0.4, 0.5) is 27.8 Å². The molecular weight excluding hydrogens is 1560 g/mol. The van der Waals surface area contributed by atoms with Crippen LogP contribution < -0.4 is 29.9 Å². The number of carboxylic acid groups (broad SMARTS) is 2. The molecule has 26 heteroatoms. The number of ether oxygens (including phenoxy) is 3. The smallest absolute Gasteiger partial charge is 0.490 e. The molecule has 11 rings (SSSR count). The van der Waals surface area contributed by atoms with E-state index in [0.717, 1.165) is 36.4 Å². The Balaban J connectivity index is 0.000000323. The maximum absolute atomic E-state index is 15.4. The third-order valence-electron chi connectivity index (χ3n) is 13.9. The maximum Gasteiger partial charge on any atom is 0.490 e. The van der Waals surface area contributed by atoms with E-state index in [1.807, 2.05) is 12.1 Å². The zero-order valence-corrected chi connectivity index (χ0v) is 57.9. The molecule has 0 bridgehead atoms. The van der Waals surface area contributed by atoms with Crippen molar-refractivity contribution in [3.63, 3.8) is 0 Å². The van der Waals surface area contributed by atoms with Gasteiger partial charge in [-0.25, -0.2) is 32.9 Å². The molecule has 0 spiro atoms. The predicted octanol–water partition coefficient (Wildman–Crippen LogP) is 13.9. The molecule has 5 heterocycles. The number of aromatic nitrogens is 3. The molecule has 9 aromatic rings. The topological polar surface area (TPSA) is 197 Å². The van der Waals surface area contributed by atoms with Crippen molar-refractivity contribution in [2.45, 2.75) is 50.5 Å². The van der Waals surface area contributed by atoms with Crippen LogP contribution in [0.25, 0.3) is 33.4 Å². The van der Waals surface area contributed by atoms with Gasteiger partial charge in [-0.3, -0.25) is 4.79 Å². The van der Waals surface area contributed by atoms with Gasteiger partial charge in [-0.05, 0) is 138 Å². The molecule has 0 amide bonds. The molecule has 6 aromatic carbocycles. The first kappa shape index (κ1) is 78.4. The number of halogens is 9. The van der Waals surface area contributed by atoms with Crippen LogP contribution in [-0.4, -0.2) is 110 Å². The third-order valence-corrected chi connectivity index (χ3v) is 15.2. The summed E-state index contributed by atoms with van der Waals surface area (Å²) < 4.78 is 91.0. The van der Waals surface area contributed by atoms with Crippen LogP contribution in [0.3, 0.4) is 0 Å². The molecule has 3 aromatic heterocycles. The fraction of sp³-hybridized carbons (Fsp3) is 0.194. The van der Waals surface area contributed by atoms with Gasteiger partial charge in [-0.15, -0.1) is 0 Å². The van der Waals surface area contributed by atoms with Crippen LogP contribution in [0.1, 0.15) is 48.1 Å². The summed E-state index contributed by atoms with van der Waals surface area (Å²) in [4.78, 5) is 34.1. The molecule has 0 saturated carbocycles. The molecule has 5 N–H and O–H groups in total. The van der Waals surface area contributed by atoms with E-state index in [4.69, 9.17) is 65.5 Å². The summed E-state index contributed by atoms with van der Waals surface area (Å²) in [6.45, 7) is 1.52. The molecule has 0 aliphatic carbocycles. The molecule has 14 nitrogen and oxygen atoms in total. The minimum absolute atomic E-state index is 0. The Morgan fingerprint density at radius 3 is 1.31 bits per heavy atom. The molecule has 2 aliphatic heterocycles. The Labute approximate surface area is 588 Å². The number of hydrogen-bond acceptors (Lipinski definition) is 12. The minimum Gasteiger partial charge on any atom is -0.496 e. The van der Waals surface area contributed by atoms with Crippen LogP contribution in [0.15, 0.2) is 164 Å². The molecule has 2 unspecified atom stereocenters. The van der Waals surface area contributed by atoms with Crippen LogP contribution in [-0.2, 0) is 27.8 Å². The number of methoxy groups -OCH3 is 3. The van der Waals surface area contributed by atoms with Crippen LogP contribution in [0.5, 0.6) is 17.2 Å². The van der Waals surface area contributed by atoms with E-state index >= 15 is 8.78 Å². The van der Waals surface area contributed by atoms with E-state index in [-0.39, 0.29) is 74.9 Å². The Morgan fingerprint density at radius 2 is 1.02 bits per heavy atom. The Morgan fingerprint density at radius 1 is 0.613 bits per heavy atom. The zero-order valence-electron chi connectivity index (χ0n) is 50.9. The van der Waals surface area contributed by atoms with Gasteiger partial charge in [-0.2, -0.15) is 8.78 Å². The molecule has 2 radical (unpaired) electrons. The van der Waals surface area contributed by atoms with Gasteiger partial charge in [0.25, 0.3) is 0 Å². The van der Waals surface area contributed by atoms with Crippen molar-refractivity contribution >= 4 is 89.4 Å². The van der Waals surface area contributed by atoms with Gasteiger partial charge in [0.1, 0.15) is 52.6 Å². The minimum atomic E-state index is -1.58.